The summed E-state index contributed by atoms with van der Waals surface area (Å²) in [6, 6.07) is 7.73. The molecule has 1 aliphatic rings. The minimum absolute atomic E-state index is 0.00137. The molecule has 2 N–H and O–H groups in total. The van der Waals surface area contributed by atoms with Crippen molar-refractivity contribution in [2.45, 2.75) is 38.8 Å². The van der Waals surface area contributed by atoms with Gasteiger partial charge in [-0.25, -0.2) is 0 Å². The summed E-state index contributed by atoms with van der Waals surface area (Å²) < 4.78 is 5.53. The van der Waals surface area contributed by atoms with Gasteiger partial charge in [0, 0.05) is 12.6 Å². The second-order valence-corrected chi connectivity index (χ2v) is 5.70. The van der Waals surface area contributed by atoms with Crippen molar-refractivity contribution in [3.63, 3.8) is 0 Å². The van der Waals surface area contributed by atoms with Crippen molar-refractivity contribution in [3.8, 4) is 5.75 Å². The van der Waals surface area contributed by atoms with Crippen LogP contribution in [0.3, 0.4) is 0 Å². The number of likely N-dealkylation sites (tertiary alicyclic amines) is 1. The molecule has 0 bridgehead atoms. The van der Waals surface area contributed by atoms with E-state index in [1.165, 1.54) is 5.56 Å². The van der Waals surface area contributed by atoms with E-state index in [1.807, 2.05) is 49.9 Å². The number of hydrogen-bond donors (Lipinski definition) is 1. The fourth-order valence-corrected chi connectivity index (χ4v) is 2.41. The van der Waals surface area contributed by atoms with Crippen LogP contribution in [-0.2, 0) is 4.79 Å². The molecule has 1 amide bonds. The molecule has 0 saturated carbocycles. The van der Waals surface area contributed by atoms with Crippen molar-refractivity contribution in [2.24, 2.45) is 5.73 Å². The van der Waals surface area contributed by atoms with E-state index in [2.05, 4.69) is 0 Å². The molecule has 19 heavy (non-hydrogen) atoms. The number of carbonyl (C=O) groups excluding carboxylic acids is 1. The number of rotatable bonds is 3. The van der Waals surface area contributed by atoms with Crippen molar-refractivity contribution in [3.05, 3.63) is 29.8 Å². The summed E-state index contributed by atoms with van der Waals surface area (Å²) in [6.45, 7) is 6.81. The van der Waals surface area contributed by atoms with Crippen LogP contribution in [-0.4, -0.2) is 35.5 Å². The third kappa shape index (κ3) is 2.89. The molecule has 1 aliphatic heterocycles. The Kier molecular flexibility index (Phi) is 3.80. The molecule has 1 aromatic rings. The molecule has 104 valence electrons. The minimum atomic E-state index is -0.284. The van der Waals surface area contributed by atoms with Gasteiger partial charge in [-0.05, 0) is 39.3 Å². The van der Waals surface area contributed by atoms with Crippen molar-refractivity contribution in [1.82, 2.24) is 4.90 Å². The lowest BCUT2D eigenvalue weighted by molar-refractivity contribution is -0.136. The average molecular weight is 262 g/mol. The predicted octanol–water partition coefficient (Wildman–Crippen LogP) is 1.71. The first-order chi connectivity index (χ1) is 8.91. The van der Waals surface area contributed by atoms with Gasteiger partial charge in [0.2, 0.25) is 0 Å². The smallest absolute Gasteiger partial charge is 0.261 e. The van der Waals surface area contributed by atoms with Gasteiger partial charge in [0.1, 0.15) is 5.75 Å². The summed E-state index contributed by atoms with van der Waals surface area (Å²) in [5, 5.41) is 0. The summed E-state index contributed by atoms with van der Waals surface area (Å²) in [5.41, 5.74) is 6.92. The summed E-state index contributed by atoms with van der Waals surface area (Å²) >= 11 is 0. The Labute approximate surface area is 114 Å². The van der Waals surface area contributed by atoms with Crippen LogP contribution in [0.25, 0.3) is 0 Å². The average Bonchev–Trinajstić information content (AvgIpc) is 2.63. The highest BCUT2D eigenvalue weighted by atomic mass is 16.5. The first kappa shape index (κ1) is 13.9. The number of benzene rings is 1. The van der Waals surface area contributed by atoms with Gasteiger partial charge in [0.25, 0.3) is 5.91 Å². The maximum Gasteiger partial charge on any atom is 0.261 e. The lowest BCUT2D eigenvalue weighted by Gasteiger charge is -2.34. The Morgan fingerprint density at radius 3 is 2.58 bits per heavy atom. The topological polar surface area (TPSA) is 55.6 Å². The number of carbonyl (C=O) groups is 1. The number of ether oxygens (including phenoxy) is 1. The van der Waals surface area contributed by atoms with Crippen LogP contribution in [0.15, 0.2) is 24.3 Å². The van der Waals surface area contributed by atoms with Crippen molar-refractivity contribution >= 4 is 5.91 Å². The monoisotopic (exact) mass is 262 g/mol. The number of aryl methyl sites for hydroxylation is 1. The molecule has 0 aromatic heterocycles. The van der Waals surface area contributed by atoms with Gasteiger partial charge in [-0.15, -0.1) is 0 Å². The van der Waals surface area contributed by atoms with Gasteiger partial charge in [-0.3, -0.25) is 4.79 Å². The highest BCUT2D eigenvalue weighted by Gasteiger charge is 2.41. The summed E-state index contributed by atoms with van der Waals surface area (Å²) in [6.07, 6.45) is 0.850. The molecule has 4 heteroatoms. The van der Waals surface area contributed by atoms with Crippen molar-refractivity contribution in [1.29, 1.82) is 0 Å². The van der Waals surface area contributed by atoms with Crippen LogP contribution >= 0.6 is 0 Å². The third-order valence-electron chi connectivity index (χ3n) is 3.95. The van der Waals surface area contributed by atoms with Gasteiger partial charge in [-0.2, -0.15) is 0 Å². The predicted molar refractivity (Wildman–Crippen MR) is 75.1 cm³/mol. The quantitative estimate of drug-likeness (QED) is 0.902. The van der Waals surface area contributed by atoms with Crippen LogP contribution in [0, 0.1) is 6.92 Å². The molecule has 0 aliphatic carbocycles. The van der Waals surface area contributed by atoms with E-state index in [9.17, 15) is 4.79 Å². The minimum Gasteiger partial charge on any atom is -0.484 e. The molecule has 0 radical (unpaired) electrons. The standard InChI is InChI=1S/C15H22N2O2/c1-11-4-6-12(7-5-11)19-10-14(18)17-9-8-13(16)15(17,2)3/h4-7,13H,8-10,16H2,1-3H3. The third-order valence-corrected chi connectivity index (χ3v) is 3.95. The Balaban J connectivity index is 1.93. The molecular weight excluding hydrogens is 240 g/mol. The lowest BCUT2D eigenvalue weighted by Crippen LogP contribution is -2.52. The van der Waals surface area contributed by atoms with Gasteiger partial charge in [0.15, 0.2) is 6.61 Å². The Bertz CT molecular complexity index is 454. The first-order valence-corrected chi connectivity index (χ1v) is 6.67. The lowest BCUT2D eigenvalue weighted by atomic mass is 9.97. The fraction of sp³-hybridized carbons (Fsp3) is 0.533. The number of hydrogen-bond acceptors (Lipinski definition) is 3. The van der Waals surface area contributed by atoms with Crippen LogP contribution in [0.4, 0.5) is 0 Å². The zero-order valence-corrected chi connectivity index (χ0v) is 11.8. The molecule has 1 fully saturated rings. The normalized spacial score (nSPS) is 21.5. The first-order valence-electron chi connectivity index (χ1n) is 6.67. The van der Waals surface area contributed by atoms with Crippen molar-refractivity contribution in [2.75, 3.05) is 13.2 Å². The molecule has 1 heterocycles. The maximum atomic E-state index is 12.2. The van der Waals surface area contributed by atoms with E-state index in [0.717, 1.165) is 12.2 Å². The highest BCUT2D eigenvalue weighted by Crippen LogP contribution is 2.27. The highest BCUT2D eigenvalue weighted by molar-refractivity contribution is 5.79. The largest absolute Gasteiger partial charge is 0.484 e. The zero-order valence-electron chi connectivity index (χ0n) is 11.8. The van der Waals surface area contributed by atoms with Crippen molar-refractivity contribution < 1.29 is 9.53 Å². The molecule has 1 aromatic carbocycles. The zero-order chi connectivity index (χ0) is 14.0. The van der Waals surface area contributed by atoms with Crippen LogP contribution in [0.1, 0.15) is 25.8 Å². The van der Waals surface area contributed by atoms with Crippen LogP contribution < -0.4 is 10.5 Å². The molecule has 1 atom stereocenters. The van der Waals surface area contributed by atoms with E-state index in [4.69, 9.17) is 10.5 Å². The molecule has 4 nitrogen and oxygen atoms in total. The molecular formula is C15H22N2O2. The molecule has 2 rings (SSSR count). The molecule has 1 unspecified atom stereocenters. The van der Waals surface area contributed by atoms with Crippen LogP contribution in [0.5, 0.6) is 5.75 Å². The van der Waals surface area contributed by atoms with E-state index < -0.39 is 0 Å². The van der Waals surface area contributed by atoms with Gasteiger partial charge in [0.05, 0.1) is 5.54 Å². The Morgan fingerprint density at radius 1 is 1.42 bits per heavy atom. The summed E-state index contributed by atoms with van der Waals surface area (Å²) in [5.74, 6) is 0.721. The second kappa shape index (κ2) is 5.21. The molecule has 1 saturated heterocycles. The van der Waals surface area contributed by atoms with E-state index in [-0.39, 0.29) is 24.1 Å². The van der Waals surface area contributed by atoms with E-state index >= 15 is 0 Å². The van der Waals surface area contributed by atoms with E-state index in [1.54, 1.807) is 0 Å². The maximum absolute atomic E-state index is 12.2. The van der Waals surface area contributed by atoms with E-state index in [0.29, 0.717) is 6.54 Å². The number of nitrogens with two attached hydrogens (primary N) is 1. The van der Waals surface area contributed by atoms with Gasteiger partial charge in [-0.1, -0.05) is 17.7 Å². The summed E-state index contributed by atoms with van der Waals surface area (Å²) in [7, 11) is 0. The number of nitrogens with zero attached hydrogens (tertiary/aromatic N) is 1. The fourth-order valence-electron chi connectivity index (χ4n) is 2.41. The van der Waals surface area contributed by atoms with Crippen LogP contribution in [0.2, 0.25) is 0 Å². The summed E-state index contributed by atoms with van der Waals surface area (Å²) in [4.78, 5) is 14.0. The second-order valence-electron chi connectivity index (χ2n) is 5.70. The Morgan fingerprint density at radius 2 is 2.05 bits per heavy atom. The van der Waals surface area contributed by atoms with Gasteiger partial charge < -0.3 is 15.4 Å². The molecule has 0 spiro atoms. The Hall–Kier alpha value is -1.55. The SMILES string of the molecule is Cc1ccc(OCC(=O)N2CCC(N)C2(C)C)cc1. The van der Waals surface area contributed by atoms with Gasteiger partial charge >= 0.3 is 0 Å². The number of amides is 1.